The van der Waals surface area contributed by atoms with Gasteiger partial charge in [0.05, 0.1) is 0 Å². The van der Waals surface area contributed by atoms with Crippen LogP contribution in [0.15, 0.2) is 23.4 Å². The lowest BCUT2D eigenvalue weighted by Gasteiger charge is -2.09. The van der Waals surface area contributed by atoms with Crippen LogP contribution in [0.4, 0.5) is 4.39 Å². The first-order valence-electron chi connectivity index (χ1n) is 5.46. The molecule has 0 bridgehead atoms. The largest absolute Gasteiger partial charge is 0.409 e. The van der Waals surface area contributed by atoms with Crippen molar-refractivity contribution in [3.8, 4) is 0 Å². The summed E-state index contributed by atoms with van der Waals surface area (Å²) in [4.78, 5) is 0. The van der Waals surface area contributed by atoms with Crippen LogP contribution in [0.2, 0.25) is 0 Å². The zero-order valence-electron chi connectivity index (χ0n) is 9.98. The van der Waals surface area contributed by atoms with Gasteiger partial charge in [-0.25, -0.2) is 4.39 Å². The molecule has 0 spiro atoms. The summed E-state index contributed by atoms with van der Waals surface area (Å²) in [6.07, 6.45) is 1.06. The molecule has 0 saturated heterocycles. The number of oxime groups is 1. The van der Waals surface area contributed by atoms with Gasteiger partial charge < -0.3 is 10.9 Å². The Bertz CT molecular complexity index is 409. The fourth-order valence-corrected chi connectivity index (χ4v) is 2.17. The molecule has 0 aromatic heterocycles. The topological polar surface area (TPSA) is 58.6 Å². The number of nitrogens with zero attached hydrogens (tertiary/aromatic N) is 1. The van der Waals surface area contributed by atoms with E-state index in [1.165, 1.54) is 6.07 Å². The van der Waals surface area contributed by atoms with Crippen LogP contribution in [-0.4, -0.2) is 16.3 Å². The van der Waals surface area contributed by atoms with Gasteiger partial charge in [-0.3, -0.25) is 0 Å². The van der Waals surface area contributed by atoms with Gasteiger partial charge in [-0.1, -0.05) is 31.1 Å². The predicted octanol–water partition coefficient (Wildman–Crippen LogP) is 2.95. The standard InChI is InChI=1S/C12H17FN2OS/c1-3-8(2)17-7-10-5-4-9(6-11(10)13)12(14)15-16/h4-6,8,16H,3,7H2,1-2H3,(H2,14,15). The molecule has 1 rings (SSSR count). The van der Waals surface area contributed by atoms with Crippen LogP contribution in [0, 0.1) is 5.82 Å². The lowest BCUT2D eigenvalue weighted by atomic mass is 10.1. The quantitative estimate of drug-likeness (QED) is 0.368. The molecule has 94 valence electrons. The number of rotatable bonds is 5. The highest BCUT2D eigenvalue weighted by atomic mass is 32.2. The Morgan fingerprint density at radius 1 is 1.59 bits per heavy atom. The number of hydrogen-bond acceptors (Lipinski definition) is 3. The molecule has 0 saturated carbocycles. The second-order valence-corrected chi connectivity index (χ2v) is 5.25. The maximum absolute atomic E-state index is 13.7. The zero-order valence-corrected chi connectivity index (χ0v) is 10.8. The molecule has 1 aromatic carbocycles. The third-order valence-corrected chi connectivity index (χ3v) is 3.93. The molecule has 17 heavy (non-hydrogen) atoms. The molecule has 3 N–H and O–H groups in total. The van der Waals surface area contributed by atoms with E-state index >= 15 is 0 Å². The maximum Gasteiger partial charge on any atom is 0.170 e. The average molecular weight is 256 g/mol. The highest BCUT2D eigenvalue weighted by Gasteiger charge is 2.08. The van der Waals surface area contributed by atoms with Crippen molar-refractivity contribution in [2.45, 2.75) is 31.3 Å². The first-order valence-corrected chi connectivity index (χ1v) is 6.51. The van der Waals surface area contributed by atoms with Crippen LogP contribution >= 0.6 is 11.8 Å². The smallest absolute Gasteiger partial charge is 0.170 e. The second kappa shape index (κ2) is 6.49. The van der Waals surface area contributed by atoms with E-state index in [-0.39, 0.29) is 11.7 Å². The fourth-order valence-electron chi connectivity index (χ4n) is 1.23. The lowest BCUT2D eigenvalue weighted by Crippen LogP contribution is -2.13. The van der Waals surface area contributed by atoms with Crippen LogP contribution in [0.3, 0.4) is 0 Å². The summed E-state index contributed by atoms with van der Waals surface area (Å²) in [6.45, 7) is 4.23. The maximum atomic E-state index is 13.7. The van der Waals surface area contributed by atoms with Crippen molar-refractivity contribution in [3.05, 3.63) is 35.1 Å². The summed E-state index contributed by atoms with van der Waals surface area (Å²) in [5, 5.41) is 11.8. The van der Waals surface area contributed by atoms with Crippen molar-refractivity contribution >= 4 is 17.6 Å². The number of amidine groups is 1. The molecule has 0 amide bonds. The Labute approximate surface area is 105 Å². The summed E-state index contributed by atoms with van der Waals surface area (Å²) in [5.41, 5.74) is 6.42. The molecule has 3 nitrogen and oxygen atoms in total. The van der Waals surface area contributed by atoms with Gasteiger partial charge in [-0.2, -0.15) is 11.8 Å². The number of nitrogens with two attached hydrogens (primary N) is 1. The first-order chi connectivity index (χ1) is 8.08. The molecule has 1 aromatic rings. The normalized spacial score (nSPS) is 13.7. The van der Waals surface area contributed by atoms with Crippen molar-refractivity contribution < 1.29 is 9.60 Å². The minimum atomic E-state index is -0.315. The van der Waals surface area contributed by atoms with E-state index in [1.54, 1.807) is 23.9 Å². The van der Waals surface area contributed by atoms with Gasteiger partial charge in [0.25, 0.3) is 0 Å². The van der Waals surface area contributed by atoms with E-state index < -0.39 is 0 Å². The Hall–Kier alpha value is -1.23. The van der Waals surface area contributed by atoms with Crippen molar-refractivity contribution in [3.63, 3.8) is 0 Å². The molecule has 0 aliphatic carbocycles. The average Bonchev–Trinajstić information content (AvgIpc) is 2.35. The summed E-state index contributed by atoms with van der Waals surface area (Å²) < 4.78 is 13.7. The zero-order chi connectivity index (χ0) is 12.8. The Morgan fingerprint density at radius 2 is 2.29 bits per heavy atom. The summed E-state index contributed by atoms with van der Waals surface area (Å²) >= 11 is 1.71. The number of benzene rings is 1. The van der Waals surface area contributed by atoms with Gasteiger partial charge in [0.15, 0.2) is 5.84 Å². The highest BCUT2D eigenvalue weighted by molar-refractivity contribution is 7.99. The van der Waals surface area contributed by atoms with E-state index in [4.69, 9.17) is 10.9 Å². The summed E-state index contributed by atoms with van der Waals surface area (Å²) in [5.74, 6) is 0.243. The van der Waals surface area contributed by atoms with E-state index in [2.05, 4.69) is 19.0 Å². The fraction of sp³-hybridized carbons (Fsp3) is 0.417. The first kappa shape index (κ1) is 13.8. The van der Waals surface area contributed by atoms with Gasteiger partial charge in [0, 0.05) is 16.6 Å². The minimum absolute atomic E-state index is 0.0787. The van der Waals surface area contributed by atoms with Crippen LogP contribution in [0.1, 0.15) is 31.4 Å². The predicted molar refractivity (Wildman–Crippen MR) is 70.0 cm³/mol. The molecule has 5 heteroatoms. The molecule has 0 fully saturated rings. The van der Waals surface area contributed by atoms with Crippen LogP contribution < -0.4 is 5.73 Å². The third kappa shape index (κ3) is 3.93. The molecular weight excluding hydrogens is 239 g/mol. The third-order valence-electron chi connectivity index (χ3n) is 2.55. The van der Waals surface area contributed by atoms with Crippen molar-refractivity contribution in [2.75, 3.05) is 0 Å². The van der Waals surface area contributed by atoms with Crippen LogP contribution in [0.25, 0.3) is 0 Å². The molecular formula is C12H17FN2OS. The van der Waals surface area contributed by atoms with Gasteiger partial charge in [-0.15, -0.1) is 0 Å². The van der Waals surface area contributed by atoms with E-state index in [0.29, 0.717) is 22.1 Å². The minimum Gasteiger partial charge on any atom is -0.409 e. The molecule has 0 aliphatic heterocycles. The van der Waals surface area contributed by atoms with Crippen molar-refractivity contribution in [1.82, 2.24) is 0 Å². The van der Waals surface area contributed by atoms with E-state index in [1.807, 2.05) is 0 Å². The molecule has 1 atom stereocenters. The Balaban J connectivity index is 2.76. The van der Waals surface area contributed by atoms with Crippen LogP contribution in [0.5, 0.6) is 0 Å². The number of hydrogen-bond donors (Lipinski definition) is 2. The Kier molecular flexibility index (Phi) is 5.28. The van der Waals surface area contributed by atoms with E-state index in [9.17, 15) is 4.39 Å². The molecule has 0 heterocycles. The van der Waals surface area contributed by atoms with Crippen molar-refractivity contribution in [2.24, 2.45) is 10.9 Å². The van der Waals surface area contributed by atoms with Gasteiger partial charge in [-0.05, 0) is 18.1 Å². The summed E-state index contributed by atoms with van der Waals surface area (Å²) in [6, 6.07) is 4.63. The molecule has 0 aliphatic rings. The molecule has 0 radical (unpaired) electrons. The van der Waals surface area contributed by atoms with Gasteiger partial charge >= 0.3 is 0 Å². The SMILES string of the molecule is CCC(C)SCc1ccc(/C(N)=N/O)cc1F. The second-order valence-electron chi connectivity index (χ2n) is 3.82. The monoisotopic (exact) mass is 256 g/mol. The van der Waals surface area contributed by atoms with Gasteiger partial charge in [0.1, 0.15) is 5.82 Å². The summed E-state index contributed by atoms with van der Waals surface area (Å²) in [7, 11) is 0. The lowest BCUT2D eigenvalue weighted by molar-refractivity contribution is 0.318. The molecule has 1 unspecified atom stereocenters. The Morgan fingerprint density at radius 3 is 2.82 bits per heavy atom. The van der Waals surface area contributed by atoms with E-state index in [0.717, 1.165) is 6.42 Å². The highest BCUT2D eigenvalue weighted by Crippen LogP contribution is 2.22. The van der Waals surface area contributed by atoms with Gasteiger partial charge in [0.2, 0.25) is 0 Å². The van der Waals surface area contributed by atoms with Crippen LogP contribution in [-0.2, 0) is 5.75 Å². The van der Waals surface area contributed by atoms with Crippen molar-refractivity contribution in [1.29, 1.82) is 0 Å². The number of thioether (sulfide) groups is 1. The number of halogens is 1.